The Hall–Kier alpha value is -3.48. The molecule has 5 nitrogen and oxygen atoms in total. The third-order valence-electron chi connectivity index (χ3n) is 3.93. The summed E-state index contributed by atoms with van der Waals surface area (Å²) in [6.45, 7) is -2.34. The first-order chi connectivity index (χ1) is 13.5. The van der Waals surface area contributed by atoms with E-state index in [0.29, 0.717) is 12.1 Å². The quantitative estimate of drug-likeness (QED) is 0.426. The Morgan fingerprint density at radius 2 is 1.96 bits per heavy atom. The Bertz CT molecular complexity index is 969. The van der Waals surface area contributed by atoms with Crippen molar-refractivity contribution in [1.82, 2.24) is 9.78 Å². The van der Waals surface area contributed by atoms with E-state index in [0.717, 1.165) is 11.1 Å². The number of hydrogen-bond donors (Lipinski definition) is 0. The largest absolute Gasteiger partial charge is 0.493 e. The van der Waals surface area contributed by atoms with Gasteiger partial charge >= 0.3 is 6.61 Å². The molecular formula is C21H18F2N2O3. The number of allylic oxidation sites excluding steroid dienone is 1. The minimum atomic E-state index is -2.97. The van der Waals surface area contributed by atoms with Crippen LogP contribution in [0.4, 0.5) is 8.78 Å². The summed E-state index contributed by atoms with van der Waals surface area (Å²) in [6.07, 6.45) is 6.53. The smallest absolute Gasteiger partial charge is 0.387 e. The SMILES string of the molecule is COc1cc(C(=O)/C=C/c2cnn(Cc3ccccc3)c2)ccc1OC(F)F. The van der Waals surface area contributed by atoms with E-state index in [2.05, 4.69) is 9.84 Å². The van der Waals surface area contributed by atoms with Crippen LogP contribution in [0.25, 0.3) is 6.08 Å². The first-order valence-corrected chi connectivity index (χ1v) is 8.47. The molecule has 3 rings (SSSR count). The van der Waals surface area contributed by atoms with E-state index >= 15 is 0 Å². The molecule has 0 spiro atoms. The van der Waals surface area contributed by atoms with Crippen molar-refractivity contribution in [1.29, 1.82) is 0 Å². The van der Waals surface area contributed by atoms with Gasteiger partial charge in [-0.2, -0.15) is 13.9 Å². The van der Waals surface area contributed by atoms with E-state index in [1.807, 2.05) is 36.5 Å². The average molecular weight is 384 g/mol. The Morgan fingerprint density at radius 1 is 1.18 bits per heavy atom. The van der Waals surface area contributed by atoms with Crippen molar-refractivity contribution in [3.63, 3.8) is 0 Å². The van der Waals surface area contributed by atoms with E-state index in [-0.39, 0.29) is 17.3 Å². The fraction of sp³-hybridized carbons (Fsp3) is 0.143. The number of hydrogen-bond acceptors (Lipinski definition) is 4. The molecule has 0 aliphatic carbocycles. The molecule has 0 saturated carbocycles. The van der Waals surface area contributed by atoms with Crippen LogP contribution in [0.3, 0.4) is 0 Å². The number of rotatable bonds is 8. The number of ketones is 1. The van der Waals surface area contributed by atoms with Gasteiger partial charge in [-0.15, -0.1) is 0 Å². The summed E-state index contributed by atoms with van der Waals surface area (Å²) in [5.41, 5.74) is 2.19. The van der Waals surface area contributed by atoms with Crippen molar-refractivity contribution in [2.24, 2.45) is 0 Å². The van der Waals surface area contributed by atoms with E-state index in [9.17, 15) is 13.6 Å². The van der Waals surface area contributed by atoms with Gasteiger partial charge in [0.1, 0.15) is 0 Å². The molecule has 0 atom stereocenters. The summed E-state index contributed by atoms with van der Waals surface area (Å²) in [4.78, 5) is 12.4. The Labute approximate surface area is 160 Å². The lowest BCUT2D eigenvalue weighted by molar-refractivity contribution is -0.0512. The van der Waals surface area contributed by atoms with Crippen LogP contribution in [0, 0.1) is 0 Å². The van der Waals surface area contributed by atoms with Crippen molar-refractivity contribution < 1.29 is 23.0 Å². The summed E-state index contributed by atoms with van der Waals surface area (Å²) < 4.78 is 35.9. The standard InChI is InChI=1S/C21H18F2N2O3/c1-27-20-11-17(8-10-19(20)28-21(22)23)18(26)9-7-16-12-24-25(14-16)13-15-5-3-2-4-6-15/h2-12,14,21H,13H2,1H3/b9-7+. The van der Waals surface area contributed by atoms with Gasteiger partial charge in [-0.1, -0.05) is 30.3 Å². The first kappa shape index (κ1) is 19.3. The molecule has 0 aliphatic heterocycles. The maximum atomic E-state index is 12.4. The molecule has 3 aromatic rings. The number of benzene rings is 2. The summed E-state index contributed by atoms with van der Waals surface area (Å²) >= 11 is 0. The Morgan fingerprint density at radius 3 is 2.68 bits per heavy atom. The van der Waals surface area contributed by atoms with Crippen LogP contribution in [0.5, 0.6) is 11.5 Å². The maximum Gasteiger partial charge on any atom is 0.387 e. The lowest BCUT2D eigenvalue weighted by Crippen LogP contribution is -2.04. The minimum Gasteiger partial charge on any atom is -0.493 e. The average Bonchev–Trinajstić information content (AvgIpc) is 3.14. The summed E-state index contributed by atoms with van der Waals surface area (Å²) in [5, 5.41) is 4.28. The predicted octanol–water partition coefficient (Wildman–Crippen LogP) is 4.44. The number of nitrogens with zero attached hydrogens (tertiary/aromatic N) is 2. The second kappa shape index (κ2) is 8.94. The monoisotopic (exact) mass is 384 g/mol. The zero-order valence-corrected chi connectivity index (χ0v) is 15.1. The number of alkyl halides is 2. The van der Waals surface area contributed by atoms with Gasteiger partial charge in [0.05, 0.1) is 19.9 Å². The molecule has 28 heavy (non-hydrogen) atoms. The topological polar surface area (TPSA) is 53.3 Å². The second-order valence-electron chi connectivity index (χ2n) is 5.90. The predicted molar refractivity (Wildman–Crippen MR) is 101 cm³/mol. The van der Waals surface area contributed by atoms with Gasteiger partial charge in [0.25, 0.3) is 0 Å². The molecule has 0 aliphatic rings. The first-order valence-electron chi connectivity index (χ1n) is 8.47. The number of methoxy groups -OCH3 is 1. The van der Waals surface area contributed by atoms with E-state index in [1.54, 1.807) is 17.0 Å². The van der Waals surface area contributed by atoms with Crippen LogP contribution >= 0.6 is 0 Å². The summed E-state index contributed by atoms with van der Waals surface area (Å²) in [7, 11) is 1.32. The number of halogens is 2. The van der Waals surface area contributed by atoms with E-state index in [1.165, 1.54) is 31.4 Å². The highest BCUT2D eigenvalue weighted by molar-refractivity contribution is 6.07. The number of ether oxygens (including phenoxy) is 2. The van der Waals surface area contributed by atoms with Gasteiger partial charge in [0, 0.05) is 17.3 Å². The van der Waals surface area contributed by atoms with Crippen LogP contribution in [0.1, 0.15) is 21.5 Å². The molecule has 144 valence electrons. The van der Waals surface area contributed by atoms with Crippen molar-refractivity contribution in [2.75, 3.05) is 7.11 Å². The summed E-state index contributed by atoms with van der Waals surface area (Å²) in [5.74, 6) is -0.354. The van der Waals surface area contributed by atoms with Crippen molar-refractivity contribution in [2.45, 2.75) is 13.2 Å². The van der Waals surface area contributed by atoms with Gasteiger partial charge in [-0.3, -0.25) is 9.48 Å². The van der Waals surface area contributed by atoms with Crippen LogP contribution in [0.2, 0.25) is 0 Å². The van der Waals surface area contributed by atoms with Crippen molar-refractivity contribution in [3.05, 3.63) is 83.7 Å². The molecule has 0 radical (unpaired) electrons. The molecule has 2 aromatic carbocycles. The molecular weight excluding hydrogens is 366 g/mol. The molecule has 0 saturated heterocycles. The Kier molecular flexibility index (Phi) is 6.16. The lowest BCUT2D eigenvalue weighted by atomic mass is 10.1. The molecule has 0 bridgehead atoms. The fourth-order valence-electron chi connectivity index (χ4n) is 2.60. The van der Waals surface area contributed by atoms with Gasteiger partial charge in [0.2, 0.25) is 0 Å². The van der Waals surface area contributed by atoms with Crippen molar-refractivity contribution in [3.8, 4) is 11.5 Å². The number of carbonyl (C=O) groups is 1. The molecule has 1 heterocycles. The molecule has 0 N–H and O–H groups in total. The molecule has 1 aromatic heterocycles. The summed E-state index contributed by atoms with van der Waals surface area (Å²) in [6, 6.07) is 14.0. The van der Waals surface area contributed by atoms with E-state index in [4.69, 9.17) is 4.74 Å². The lowest BCUT2D eigenvalue weighted by Gasteiger charge is -2.10. The third-order valence-corrected chi connectivity index (χ3v) is 3.93. The van der Waals surface area contributed by atoms with Crippen molar-refractivity contribution >= 4 is 11.9 Å². The number of aromatic nitrogens is 2. The molecule has 0 unspecified atom stereocenters. The zero-order chi connectivity index (χ0) is 19.9. The van der Waals surface area contributed by atoms with Crippen LogP contribution in [0.15, 0.2) is 67.0 Å². The molecule has 0 amide bonds. The molecule has 7 heteroatoms. The molecule has 0 fully saturated rings. The van der Waals surface area contributed by atoms with E-state index < -0.39 is 6.61 Å². The zero-order valence-electron chi connectivity index (χ0n) is 15.1. The normalized spacial score (nSPS) is 11.1. The third kappa shape index (κ3) is 5.03. The van der Waals surface area contributed by atoms with Gasteiger partial charge in [-0.25, -0.2) is 0 Å². The highest BCUT2D eigenvalue weighted by atomic mass is 19.3. The second-order valence-corrected chi connectivity index (χ2v) is 5.90. The van der Waals surface area contributed by atoms with Crippen LogP contribution < -0.4 is 9.47 Å². The highest BCUT2D eigenvalue weighted by Gasteiger charge is 2.13. The van der Waals surface area contributed by atoms with Gasteiger partial charge in [0.15, 0.2) is 17.3 Å². The van der Waals surface area contributed by atoms with Crippen LogP contribution in [-0.2, 0) is 6.54 Å². The maximum absolute atomic E-state index is 12.4. The Balaban J connectivity index is 1.68. The highest BCUT2D eigenvalue weighted by Crippen LogP contribution is 2.29. The van der Waals surface area contributed by atoms with Gasteiger partial charge < -0.3 is 9.47 Å². The minimum absolute atomic E-state index is 0.0650. The fourth-order valence-corrected chi connectivity index (χ4v) is 2.60. The number of carbonyl (C=O) groups excluding carboxylic acids is 1. The van der Waals surface area contributed by atoms with Gasteiger partial charge in [-0.05, 0) is 35.9 Å². The van der Waals surface area contributed by atoms with Crippen LogP contribution in [-0.4, -0.2) is 29.3 Å².